The number of carbonyl (C=O) groups excluding carboxylic acids is 1. The highest BCUT2D eigenvalue weighted by atomic mass is 16.2. The first-order valence-electron chi connectivity index (χ1n) is 14.7. The summed E-state index contributed by atoms with van der Waals surface area (Å²) in [7, 11) is 0. The van der Waals surface area contributed by atoms with Crippen LogP contribution in [0.2, 0.25) is 0 Å². The second kappa shape index (κ2) is 12.5. The number of rotatable bonds is 11. The maximum absolute atomic E-state index is 12.7. The molecule has 1 aliphatic heterocycles. The Balaban J connectivity index is 1.25. The van der Waals surface area contributed by atoms with Gasteiger partial charge in [-0.25, -0.2) is 9.97 Å². The Morgan fingerprint density at radius 2 is 1.46 bits per heavy atom. The van der Waals surface area contributed by atoms with E-state index in [2.05, 4.69) is 89.2 Å². The fourth-order valence-corrected chi connectivity index (χ4v) is 5.54. The number of amides is 1. The first-order chi connectivity index (χ1) is 19.1. The highest BCUT2D eigenvalue weighted by Gasteiger charge is 2.31. The van der Waals surface area contributed by atoms with Crippen molar-refractivity contribution < 1.29 is 4.79 Å². The highest BCUT2D eigenvalue weighted by molar-refractivity contribution is 5.77. The van der Waals surface area contributed by atoms with Crippen molar-refractivity contribution in [3.63, 3.8) is 0 Å². The van der Waals surface area contributed by atoms with Crippen LogP contribution >= 0.6 is 0 Å². The number of carbonyl (C=O) groups is 1. The van der Waals surface area contributed by atoms with Gasteiger partial charge in [-0.2, -0.15) is 0 Å². The van der Waals surface area contributed by atoms with Gasteiger partial charge in [0.1, 0.15) is 11.6 Å². The van der Waals surface area contributed by atoms with E-state index >= 15 is 0 Å². The van der Waals surface area contributed by atoms with E-state index in [9.17, 15) is 4.79 Å². The van der Waals surface area contributed by atoms with Gasteiger partial charge < -0.3 is 14.9 Å². The Hall–Kier alpha value is -3.67. The maximum atomic E-state index is 12.7. The zero-order valence-electron chi connectivity index (χ0n) is 23.5. The molecular weight excluding hydrogens is 482 g/mol. The van der Waals surface area contributed by atoms with Gasteiger partial charge in [0, 0.05) is 18.9 Å². The van der Waals surface area contributed by atoms with Crippen LogP contribution in [0.25, 0.3) is 33.6 Å². The molecule has 39 heavy (non-hydrogen) atoms. The standard InChI is InChI=1S/C33H41N5O/c1-4-6-9-23(3)32-34-21-28(36-32)26-16-12-24(13-17-26)25-14-18-27(19-15-25)29-22-35-33(37-29)30-10-8-20-38(30)31(39)11-7-5-2/h12-19,21-23,30H,4-11,20H2,1-3H3,(H,34,36)(H,35,37). The van der Waals surface area contributed by atoms with Crippen LogP contribution in [-0.4, -0.2) is 37.3 Å². The Bertz CT molecular complexity index is 1350. The van der Waals surface area contributed by atoms with Crippen LogP contribution in [0.3, 0.4) is 0 Å². The smallest absolute Gasteiger partial charge is 0.223 e. The minimum absolute atomic E-state index is 0.0615. The van der Waals surface area contributed by atoms with Crippen molar-refractivity contribution in [2.24, 2.45) is 0 Å². The number of nitrogens with one attached hydrogen (secondary N) is 2. The lowest BCUT2D eigenvalue weighted by atomic mass is 10.0. The van der Waals surface area contributed by atoms with Crippen LogP contribution in [0, 0.1) is 0 Å². The molecule has 2 aromatic heterocycles. The first-order valence-corrected chi connectivity index (χ1v) is 14.7. The summed E-state index contributed by atoms with van der Waals surface area (Å²) in [5, 5.41) is 0. The number of imidazole rings is 2. The van der Waals surface area contributed by atoms with Gasteiger partial charge in [-0.1, -0.05) is 88.6 Å². The summed E-state index contributed by atoms with van der Waals surface area (Å²) in [6, 6.07) is 17.3. The minimum atomic E-state index is 0.0615. The largest absolute Gasteiger partial charge is 0.342 e. The third-order valence-corrected chi connectivity index (χ3v) is 8.01. The highest BCUT2D eigenvalue weighted by Crippen LogP contribution is 2.33. The molecular formula is C33H41N5O. The Morgan fingerprint density at radius 3 is 2.10 bits per heavy atom. The van der Waals surface area contributed by atoms with Gasteiger partial charge in [-0.15, -0.1) is 0 Å². The van der Waals surface area contributed by atoms with Crippen LogP contribution < -0.4 is 0 Å². The van der Waals surface area contributed by atoms with Gasteiger partial charge >= 0.3 is 0 Å². The molecule has 2 N–H and O–H groups in total. The van der Waals surface area contributed by atoms with Gasteiger partial charge in [0.25, 0.3) is 0 Å². The second-order valence-electron chi connectivity index (χ2n) is 10.9. The molecule has 2 unspecified atom stereocenters. The fourth-order valence-electron chi connectivity index (χ4n) is 5.54. The molecule has 0 radical (unpaired) electrons. The van der Waals surface area contributed by atoms with Crippen molar-refractivity contribution in [3.8, 4) is 33.6 Å². The fraction of sp³-hybridized carbons (Fsp3) is 0.424. The van der Waals surface area contributed by atoms with Crippen LogP contribution in [0.4, 0.5) is 0 Å². The maximum Gasteiger partial charge on any atom is 0.223 e. The number of likely N-dealkylation sites (tertiary alicyclic amines) is 1. The Morgan fingerprint density at radius 1 is 0.872 bits per heavy atom. The number of H-pyrrole nitrogens is 2. The molecule has 1 aliphatic rings. The Kier molecular flexibility index (Phi) is 8.60. The molecule has 5 rings (SSSR count). The van der Waals surface area contributed by atoms with E-state index < -0.39 is 0 Å². The van der Waals surface area contributed by atoms with Gasteiger partial charge in [0.2, 0.25) is 5.91 Å². The molecule has 0 saturated carbocycles. The summed E-state index contributed by atoms with van der Waals surface area (Å²) in [5.74, 6) is 2.67. The Labute approximate surface area is 232 Å². The van der Waals surface area contributed by atoms with Crippen molar-refractivity contribution in [2.75, 3.05) is 6.54 Å². The predicted octanol–water partition coefficient (Wildman–Crippen LogP) is 8.28. The van der Waals surface area contributed by atoms with Crippen molar-refractivity contribution in [1.29, 1.82) is 0 Å². The van der Waals surface area contributed by atoms with E-state index in [0.29, 0.717) is 12.3 Å². The third-order valence-electron chi connectivity index (χ3n) is 8.01. The molecule has 0 spiro atoms. The zero-order chi connectivity index (χ0) is 27.2. The van der Waals surface area contributed by atoms with Gasteiger partial charge in [0.15, 0.2) is 0 Å². The summed E-state index contributed by atoms with van der Waals surface area (Å²) < 4.78 is 0. The van der Waals surface area contributed by atoms with Gasteiger partial charge in [-0.3, -0.25) is 4.79 Å². The lowest BCUT2D eigenvalue weighted by Gasteiger charge is -2.23. The van der Waals surface area contributed by atoms with E-state index in [1.54, 1.807) is 0 Å². The summed E-state index contributed by atoms with van der Waals surface area (Å²) in [4.78, 5) is 31.0. The molecule has 1 amide bonds. The first kappa shape index (κ1) is 26.9. The van der Waals surface area contributed by atoms with Crippen molar-refractivity contribution >= 4 is 5.91 Å². The molecule has 6 nitrogen and oxygen atoms in total. The SMILES string of the molecule is CCCCC(=O)N1CCCC1c1ncc(-c2ccc(-c3ccc(-c4cnc(C(C)CCCC)[nH]4)cc3)cc2)[nH]1. The number of aromatic amines is 2. The van der Waals surface area contributed by atoms with Crippen LogP contribution in [0.1, 0.15) is 95.7 Å². The number of unbranched alkanes of at least 4 members (excludes halogenated alkanes) is 2. The molecule has 204 valence electrons. The lowest BCUT2D eigenvalue weighted by Crippen LogP contribution is -2.30. The quantitative estimate of drug-likeness (QED) is 0.208. The molecule has 0 bridgehead atoms. The third kappa shape index (κ3) is 6.16. The normalized spacial score (nSPS) is 16.1. The number of hydrogen-bond donors (Lipinski definition) is 2. The van der Waals surface area contributed by atoms with E-state index in [1.807, 2.05) is 17.3 Å². The molecule has 1 saturated heterocycles. The predicted molar refractivity (Wildman–Crippen MR) is 158 cm³/mol. The van der Waals surface area contributed by atoms with Gasteiger partial charge in [0.05, 0.1) is 29.8 Å². The molecule has 4 aromatic rings. The van der Waals surface area contributed by atoms with E-state index in [4.69, 9.17) is 0 Å². The van der Waals surface area contributed by atoms with Crippen LogP contribution in [0.5, 0.6) is 0 Å². The van der Waals surface area contributed by atoms with E-state index in [1.165, 1.54) is 24.0 Å². The summed E-state index contributed by atoms with van der Waals surface area (Å²) in [5.41, 5.74) is 6.65. The van der Waals surface area contributed by atoms with E-state index in [0.717, 1.165) is 72.8 Å². The van der Waals surface area contributed by atoms with Crippen molar-refractivity contribution in [2.45, 2.75) is 84.1 Å². The van der Waals surface area contributed by atoms with Crippen molar-refractivity contribution in [1.82, 2.24) is 24.8 Å². The van der Waals surface area contributed by atoms with Gasteiger partial charge in [-0.05, 0) is 47.9 Å². The van der Waals surface area contributed by atoms with Crippen LogP contribution in [0.15, 0.2) is 60.9 Å². The molecule has 0 aliphatic carbocycles. The molecule has 1 fully saturated rings. The minimum Gasteiger partial charge on any atom is -0.342 e. The molecule has 6 heteroatoms. The van der Waals surface area contributed by atoms with Crippen LogP contribution in [-0.2, 0) is 4.79 Å². The number of aromatic nitrogens is 4. The van der Waals surface area contributed by atoms with E-state index in [-0.39, 0.29) is 11.9 Å². The topological polar surface area (TPSA) is 77.7 Å². The number of benzene rings is 2. The monoisotopic (exact) mass is 523 g/mol. The summed E-state index contributed by atoms with van der Waals surface area (Å²) in [6.07, 6.45) is 12.1. The zero-order valence-corrected chi connectivity index (χ0v) is 23.5. The molecule has 2 aromatic carbocycles. The lowest BCUT2D eigenvalue weighted by molar-refractivity contribution is -0.132. The number of nitrogens with zero attached hydrogens (tertiary/aromatic N) is 3. The summed E-state index contributed by atoms with van der Waals surface area (Å²) in [6.45, 7) is 7.43. The molecule has 3 heterocycles. The molecule has 2 atom stereocenters. The average molecular weight is 524 g/mol. The number of hydrogen-bond acceptors (Lipinski definition) is 3. The second-order valence-corrected chi connectivity index (χ2v) is 10.9. The van der Waals surface area contributed by atoms with Crippen molar-refractivity contribution in [3.05, 3.63) is 72.6 Å². The average Bonchev–Trinajstić information content (AvgIpc) is 3.75. The summed E-state index contributed by atoms with van der Waals surface area (Å²) >= 11 is 0.